The average Bonchev–Trinajstić information content (AvgIpc) is 3.52. The van der Waals surface area contributed by atoms with Crippen molar-refractivity contribution in [2.75, 3.05) is 13.2 Å². The molecule has 6 fully saturated rings. The van der Waals surface area contributed by atoms with Gasteiger partial charge in [-0.05, 0) is 117 Å². The van der Waals surface area contributed by atoms with E-state index in [1.165, 1.54) is 31.3 Å². The van der Waals surface area contributed by atoms with Gasteiger partial charge in [-0.1, -0.05) is 57.5 Å². The van der Waals surface area contributed by atoms with Crippen molar-refractivity contribution in [1.29, 1.82) is 0 Å². The summed E-state index contributed by atoms with van der Waals surface area (Å²) < 4.78 is 32.3. The molecule has 0 bridgehead atoms. The molecule has 0 aromatic heterocycles. The second-order valence-corrected chi connectivity index (χ2v) is 17.8. The van der Waals surface area contributed by atoms with Crippen molar-refractivity contribution in [3.05, 3.63) is 41.0 Å². The predicted octanol–water partition coefficient (Wildman–Crippen LogP) is 6.24. The lowest BCUT2D eigenvalue weighted by Crippen LogP contribution is -2.62. The van der Waals surface area contributed by atoms with Crippen molar-refractivity contribution >= 4 is 0 Å². The van der Waals surface area contributed by atoms with Gasteiger partial charge in [0.15, 0.2) is 18.2 Å². The molecule has 0 radical (unpaired) electrons. The summed E-state index contributed by atoms with van der Waals surface area (Å²) in [5, 5.41) is 32.6. The number of benzene rings is 1. The van der Waals surface area contributed by atoms with Crippen LogP contribution in [0.15, 0.2) is 29.8 Å². The van der Waals surface area contributed by atoms with Crippen LogP contribution in [-0.2, 0) is 18.9 Å². The van der Waals surface area contributed by atoms with Crippen LogP contribution in [-0.4, -0.2) is 77.2 Å². The van der Waals surface area contributed by atoms with E-state index in [0.29, 0.717) is 52.8 Å². The molecule has 16 atom stereocenters. The minimum atomic E-state index is -1.21. The number of rotatable bonds is 5. The van der Waals surface area contributed by atoms with Crippen molar-refractivity contribution in [3.63, 3.8) is 0 Å². The zero-order valence-electron chi connectivity index (χ0n) is 30.5. The molecule has 4 aliphatic carbocycles. The molecule has 1 aromatic rings. The van der Waals surface area contributed by atoms with Crippen LogP contribution in [0.1, 0.15) is 96.6 Å². The molecular formula is C41H60O8. The monoisotopic (exact) mass is 680 g/mol. The third kappa shape index (κ3) is 5.40. The summed E-state index contributed by atoms with van der Waals surface area (Å²) in [6.45, 7) is 14.1. The highest BCUT2D eigenvalue weighted by atomic mass is 16.7. The normalized spacial score (nSPS) is 50.6. The second kappa shape index (κ2) is 12.6. The zero-order chi connectivity index (χ0) is 34.5. The number of hydrogen-bond donors (Lipinski definition) is 3. The molecule has 0 amide bonds. The van der Waals surface area contributed by atoms with E-state index < -0.39 is 37.3 Å². The average molecular weight is 681 g/mol. The lowest BCUT2D eigenvalue weighted by atomic mass is 9.47. The first-order valence-corrected chi connectivity index (χ1v) is 19.4. The molecule has 3 N–H and O–H groups in total. The number of ether oxygens (including phenoxy) is 5. The van der Waals surface area contributed by atoms with Gasteiger partial charge in [0.05, 0.1) is 25.4 Å². The van der Waals surface area contributed by atoms with Gasteiger partial charge < -0.3 is 39.0 Å². The zero-order valence-corrected chi connectivity index (χ0v) is 30.5. The molecule has 3 heterocycles. The van der Waals surface area contributed by atoms with Crippen LogP contribution >= 0.6 is 0 Å². The Labute approximate surface area is 292 Å². The smallest absolute Gasteiger partial charge is 0.188 e. The summed E-state index contributed by atoms with van der Waals surface area (Å²) >= 11 is 0. The Morgan fingerprint density at radius 1 is 0.959 bits per heavy atom. The van der Waals surface area contributed by atoms with E-state index in [2.05, 4.69) is 33.8 Å². The molecular weight excluding hydrogens is 620 g/mol. The van der Waals surface area contributed by atoms with Crippen molar-refractivity contribution in [2.45, 2.75) is 148 Å². The first-order valence-electron chi connectivity index (χ1n) is 19.4. The Balaban J connectivity index is 0.959. The molecule has 1 spiro atoms. The van der Waals surface area contributed by atoms with E-state index in [9.17, 15) is 15.3 Å². The van der Waals surface area contributed by atoms with Crippen LogP contribution in [0, 0.1) is 60.2 Å². The van der Waals surface area contributed by atoms with Gasteiger partial charge in [0.2, 0.25) is 0 Å². The summed E-state index contributed by atoms with van der Waals surface area (Å²) in [4.78, 5) is 0. The number of aliphatic hydroxyl groups is 3. The summed E-state index contributed by atoms with van der Waals surface area (Å²) in [5.74, 6) is 3.89. The van der Waals surface area contributed by atoms with Gasteiger partial charge >= 0.3 is 0 Å². The predicted molar refractivity (Wildman–Crippen MR) is 185 cm³/mol. The van der Waals surface area contributed by atoms with Gasteiger partial charge in [-0.2, -0.15) is 0 Å². The highest BCUT2D eigenvalue weighted by Crippen LogP contribution is 2.70. The van der Waals surface area contributed by atoms with Crippen molar-refractivity contribution in [3.8, 4) is 5.75 Å². The number of aryl methyl sites for hydroxylation is 2. The summed E-state index contributed by atoms with van der Waals surface area (Å²) in [7, 11) is 0. The summed E-state index contributed by atoms with van der Waals surface area (Å²) in [5.41, 5.74) is 3.76. The van der Waals surface area contributed by atoms with Gasteiger partial charge in [0.25, 0.3) is 0 Å². The first kappa shape index (κ1) is 34.6. The highest BCUT2D eigenvalue weighted by molar-refractivity contribution is 5.40. The quantitative estimate of drug-likeness (QED) is 0.314. The molecule has 272 valence electrons. The summed E-state index contributed by atoms with van der Waals surface area (Å²) in [6.07, 6.45) is 7.19. The fraction of sp³-hybridized carbons (Fsp3) is 0.805. The van der Waals surface area contributed by atoms with E-state index >= 15 is 0 Å². The maximum Gasteiger partial charge on any atom is 0.188 e. The van der Waals surface area contributed by atoms with Crippen LogP contribution in [0.25, 0.3) is 0 Å². The van der Waals surface area contributed by atoms with E-state index in [0.717, 1.165) is 49.8 Å². The minimum Gasteiger partial charge on any atom is -0.484 e. The highest BCUT2D eigenvalue weighted by Gasteiger charge is 2.68. The lowest BCUT2D eigenvalue weighted by molar-refractivity contribution is -0.309. The van der Waals surface area contributed by atoms with E-state index in [-0.39, 0.29) is 17.3 Å². The maximum absolute atomic E-state index is 11.5. The van der Waals surface area contributed by atoms with Crippen molar-refractivity contribution in [1.82, 2.24) is 0 Å². The Morgan fingerprint density at radius 2 is 1.73 bits per heavy atom. The molecule has 49 heavy (non-hydrogen) atoms. The number of fused-ring (bicyclic) bond motifs is 7. The first-order chi connectivity index (χ1) is 23.4. The lowest BCUT2D eigenvalue weighted by Gasteiger charge is -2.58. The molecule has 1 aromatic carbocycles. The third-order valence-corrected chi connectivity index (χ3v) is 15.1. The molecule has 8 heteroatoms. The topological polar surface area (TPSA) is 107 Å². The minimum absolute atomic E-state index is 0.116. The Kier molecular flexibility index (Phi) is 8.86. The second-order valence-electron chi connectivity index (χ2n) is 17.8. The Bertz CT molecular complexity index is 1400. The van der Waals surface area contributed by atoms with Gasteiger partial charge in [-0.25, -0.2) is 0 Å². The van der Waals surface area contributed by atoms with Gasteiger partial charge in [0, 0.05) is 12.3 Å². The van der Waals surface area contributed by atoms with Crippen LogP contribution in [0.2, 0.25) is 0 Å². The maximum atomic E-state index is 11.5. The molecule has 7 aliphatic rings. The van der Waals surface area contributed by atoms with E-state index in [4.69, 9.17) is 23.7 Å². The fourth-order valence-corrected chi connectivity index (χ4v) is 12.4. The largest absolute Gasteiger partial charge is 0.484 e. The molecule has 0 unspecified atom stereocenters. The van der Waals surface area contributed by atoms with Crippen LogP contribution in [0.5, 0.6) is 5.75 Å². The Hall–Kier alpha value is -1.52. The number of para-hydroxylation sites is 1. The molecule has 8 rings (SSSR count). The van der Waals surface area contributed by atoms with Crippen LogP contribution in [0.4, 0.5) is 0 Å². The molecule has 3 saturated heterocycles. The fourth-order valence-electron chi connectivity index (χ4n) is 12.4. The standard InChI is InChI=1S/C41H60O8/c1-22-12-17-41(45-21-22)25(4)33-31(49-41)19-30-28-11-10-26-18-27(13-15-39(26,5)29(28)14-16-40(30,33)6)46-38-35(44)37(34(43)32(20-42)47-38)48-36-23(2)8-7-9-24(36)3/h7-10,22,25,27-35,37-38,42-44H,11-21H2,1-6H3/t22-,25-,27+,28+,29+,30+,31-,32+,33-,34+,35-,37-,38+,39-,40-,41-/m1/s1. The Morgan fingerprint density at radius 3 is 2.45 bits per heavy atom. The van der Waals surface area contributed by atoms with E-state index in [1.807, 2.05) is 32.0 Å². The van der Waals surface area contributed by atoms with Crippen molar-refractivity contribution < 1.29 is 39.0 Å². The molecule has 3 saturated carbocycles. The molecule has 8 nitrogen and oxygen atoms in total. The third-order valence-electron chi connectivity index (χ3n) is 15.1. The number of aliphatic hydroxyl groups excluding tert-OH is 3. The van der Waals surface area contributed by atoms with Gasteiger partial charge in [-0.3, -0.25) is 0 Å². The molecule has 3 aliphatic heterocycles. The summed E-state index contributed by atoms with van der Waals surface area (Å²) in [6, 6.07) is 5.85. The van der Waals surface area contributed by atoms with Crippen molar-refractivity contribution in [2.24, 2.45) is 46.3 Å². The van der Waals surface area contributed by atoms with E-state index in [1.54, 1.807) is 0 Å². The number of allylic oxidation sites excluding steroid dienone is 1. The van der Waals surface area contributed by atoms with Crippen LogP contribution in [0.3, 0.4) is 0 Å². The van der Waals surface area contributed by atoms with Crippen LogP contribution < -0.4 is 4.74 Å². The van der Waals surface area contributed by atoms with Gasteiger partial charge in [0.1, 0.15) is 24.1 Å². The SMILES string of the molecule is Cc1cccc(C)c1O[C@@H]1[C@@H](O)[C@H](CO)O[C@H](O[C@H]2CC[C@]3(C)C(=CC[C@@H]4[C@@H]5C[C@H]6O[C@]7(CC[C@@H](C)CO7)[C@H](C)[C@H]6[C@]5(C)CC[C@@H]43)C2)[C@@H]1O. The number of hydrogen-bond acceptors (Lipinski definition) is 8. The van der Waals surface area contributed by atoms with Gasteiger partial charge in [-0.15, -0.1) is 0 Å².